The van der Waals surface area contributed by atoms with Crippen LogP contribution in [0.1, 0.15) is 19.3 Å². The Balaban J connectivity index is 1.67. The number of pyridine rings is 1. The molecule has 0 bridgehead atoms. The number of rotatable bonds is 5. The Morgan fingerprint density at radius 1 is 1.41 bits per heavy atom. The molecule has 2 heterocycles. The summed E-state index contributed by atoms with van der Waals surface area (Å²) in [5, 5.41) is 7.71. The zero-order valence-electron chi connectivity index (χ0n) is 9.67. The molecule has 1 aliphatic rings. The first-order valence-corrected chi connectivity index (χ1v) is 6.12. The molecule has 90 valence electrons. The minimum absolute atomic E-state index is 0.0491. The van der Waals surface area contributed by atoms with Crippen LogP contribution in [-0.4, -0.2) is 26.8 Å². The Hall–Kier alpha value is -1.62. The number of nitrogens with one attached hydrogen (secondary N) is 1. The lowest BCUT2D eigenvalue weighted by molar-refractivity contribution is 0.530. The van der Waals surface area contributed by atoms with Crippen LogP contribution in [0.15, 0.2) is 29.2 Å². The van der Waals surface area contributed by atoms with Gasteiger partial charge < -0.3 is 5.32 Å². The Labute approximate surface area is 99.1 Å². The van der Waals surface area contributed by atoms with E-state index in [1.807, 2.05) is 18.2 Å². The van der Waals surface area contributed by atoms with Crippen LogP contribution in [0, 0.1) is 0 Å². The van der Waals surface area contributed by atoms with Gasteiger partial charge in [-0.2, -0.15) is 0 Å². The lowest BCUT2D eigenvalue weighted by Gasteiger charge is -2.01. The van der Waals surface area contributed by atoms with Crippen LogP contribution in [0.25, 0.3) is 5.65 Å². The van der Waals surface area contributed by atoms with E-state index in [0.29, 0.717) is 12.2 Å². The summed E-state index contributed by atoms with van der Waals surface area (Å²) in [6, 6.07) is 6.31. The van der Waals surface area contributed by atoms with Gasteiger partial charge in [0.2, 0.25) is 0 Å². The summed E-state index contributed by atoms with van der Waals surface area (Å²) < 4.78 is 3.12. The summed E-state index contributed by atoms with van der Waals surface area (Å²) in [5.74, 6) is 0. The second kappa shape index (κ2) is 4.33. The third-order valence-corrected chi connectivity index (χ3v) is 3.05. The van der Waals surface area contributed by atoms with E-state index >= 15 is 0 Å². The first-order chi connectivity index (χ1) is 8.34. The van der Waals surface area contributed by atoms with Gasteiger partial charge in [-0.1, -0.05) is 6.07 Å². The number of fused-ring (bicyclic) bond motifs is 1. The maximum absolute atomic E-state index is 11.9. The van der Waals surface area contributed by atoms with E-state index in [9.17, 15) is 4.79 Å². The van der Waals surface area contributed by atoms with Crippen LogP contribution >= 0.6 is 0 Å². The molecule has 3 rings (SSSR count). The Morgan fingerprint density at radius 2 is 2.29 bits per heavy atom. The highest BCUT2D eigenvalue weighted by atomic mass is 16.2. The molecule has 0 aromatic carbocycles. The summed E-state index contributed by atoms with van der Waals surface area (Å²) in [6.07, 6.45) is 5.30. The largest absolute Gasteiger partial charge is 0.350 e. The molecular weight excluding hydrogens is 216 g/mol. The monoisotopic (exact) mass is 232 g/mol. The fraction of sp³-hybridized carbons (Fsp3) is 0.500. The third kappa shape index (κ3) is 2.24. The molecule has 1 fully saturated rings. The second-order valence-corrected chi connectivity index (χ2v) is 4.52. The topological polar surface area (TPSA) is 51.3 Å². The maximum Gasteiger partial charge on any atom is 0.350 e. The molecular formula is C12H16N4O. The van der Waals surface area contributed by atoms with Gasteiger partial charge in [0.25, 0.3) is 0 Å². The van der Waals surface area contributed by atoms with Crippen LogP contribution in [0.4, 0.5) is 0 Å². The quantitative estimate of drug-likeness (QED) is 0.770. The molecule has 2 aromatic rings. The van der Waals surface area contributed by atoms with E-state index in [2.05, 4.69) is 10.4 Å². The maximum atomic E-state index is 11.9. The van der Waals surface area contributed by atoms with Crippen LogP contribution < -0.4 is 11.0 Å². The van der Waals surface area contributed by atoms with Gasteiger partial charge in [0.1, 0.15) is 0 Å². The standard InChI is InChI=1S/C12H16N4O/c17-12-15-8-2-1-4-11(15)14-16(12)9-3-7-13-10-5-6-10/h1-2,4,8,10,13H,3,5-7,9H2. The smallest absolute Gasteiger partial charge is 0.314 e. The molecule has 5 nitrogen and oxygen atoms in total. The lowest BCUT2D eigenvalue weighted by Crippen LogP contribution is -2.24. The minimum atomic E-state index is -0.0491. The Kier molecular flexibility index (Phi) is 2.68. The van der Waals surface area contributed by atoms with Crippen molar-refractivity contribution in [3.63, 3.8) is 0 Å². The van der Waals surface area contributed by atoms with E-state index in [1.54, 1.807) is 15.3 Å². The first kappa shape index (κ1) is 10.5. The number of aryl methyl sites for hydroxylation is 1. The molecule has 17 heavy (non-hydrogen) atoms. The van der Waals surface area contributed by atoms with Gasteiger partial charge in [0, 0.05) is 18.8 Å². The predicted octanol–water partition coefficient (Wildman–Crippen LogP) is 0.638. The van der Waals surface area contributed by atoms with Crippen molar-refractivity contribution in [2.45, 2.75) is 31.8 Å². The summed E-state index contributed by atoms with van der Waals surface area (Å²) in [5.41, 5.74) is 0.666. The van der Waals surface area contributed by atoms with E-state index < -0.39 is 0 Å². The third-order valence-electron chi connectivity index (χ3n) is 3.05. The summed E-state index contributed by atoms with van der Waals surface area (Å²) >= 11 is 0. The molecule has 0 spiro atoms. The number of nitrogens with zero attached hydrogens (tertiary/aromatic N) is 3. The van der Waals surface area contributed by atoms with Crippen LogP contribution in [0.5, 0.6) is 0 Å². The van der Waals surface area contributed by atoms with Crippen molar-refractivity contribution in [3.05, 3.63) is 34.9 Å². The minimum Gasteiger partial charge on any atom is -0.314 e. The van der Waals surface area contributed by atoms with Gasteiger partial charge in [-0.15, -0.1) is 5.10 Å². The lowest BCUT2D eigenvalue weighted by atomic mass is 10.4. The van der Waals surface area contributed by atoms with E-state index in [-0.39, 0.29) is 5.69 Å². The fourth-order valence-corrected chi connectivity index (χ4v) is 1.94. The molecule has 0 saturated heterocycles. The van der Waals surface area contributed by atoms with E-state index in [1.165, 1.54) is 12.8 Å². The summed E-state index contributed by atoms with van der Waals surface area (Å²) in [6.45, 7) is 1.64. The highest BCUT2D eigenvalue weighted by Crippen LogP contribution is 2.18. The number of aromatic nitrogens is 3. The SMILES string of the molecule is O=c1n(CCCNC2CC2)nc2ccccn12. The van der Waals surface area contributed by atoms with E-state index in [0.717, 1.165) is 19.0 Å². The Morgan fingerprint density at radius 3 is 3.06 bits per heavy atom. The molecule has 1 aliphatic carbocycles. The molecule has 2 aromatic heterocycles. The van der Waals surface area contributed by atoms with Crippen molar-refractivity contribution in [3.8, 4) is 0 Å². The van der Waals surface area contributed by atoms with Gasteiger partial charge in [0.05, 0.1) is 0 Å². The molecule has 0 radical (unpaired) electrons. The van der Waals surface area contributed by atoms with Crippen LogP contribution in [-0.2, 0) is 6.54 Å². The first-order valence-electron chi connectivity index (χ1n) is 6.12. The molecule has 1 N–H and O–H groups in total. The summed E-state index contributed by atoms with van der Waals surface area (Å²) in [4.78, 5) is 11.9. The fourth-order valence-electron chi connectivity index (χ4n) is 1.94. The van der Waals surface area contributed by atoms with Crippen molar-refractivity contribution < 1.29 is 0 Å². The molecule has 0 atom stereocenters. The molecule has 1 saturated carbocycles. The van der Waals surface area contributed by atoms with Gasteiger partial charge in [0.15, 0.2) is 5.65 Å². The Bertz CT molecular complexity index is 567. The molecule has 0 aliphatic heterocycles. The predicted molar refractivity (Wildman–Crippen MR) is 65.1 cm³/mol. The van der Waals surface area contributed by atoms with Gasteiger partial charge in [-0.05, 0) is 37.9 Å². The number of hydrogen-bond acceptors (Lipinski definition) is 3. The highest BCUT2D eigenvalue weighted by Gasteiger charge is 2.19. The van der Waals surface area contributed by atoms with Crippen molar-refractivity contribution in [1.29, 1.82) is 0 Å². The highest BCUT2D eigenvalue weighted by molar-refractivity contribution is 5.35. The van der Waals surface area contributed by atoms with Crippen molar-refractivity contribution in [2.75, 3.05) is 6.54 Å². The van der Waals surface area contributed by atoms with Crippen molar-refractivity contribution >= 4 is 5.65 Å². The normalized spacial score (nSPS) is 15.5. The van der Waals surface area contributed by atoms with Crippen molar-refractivity contribution in [1.82, 2.24) is 19.5 Å². The van der Waals surface area contributed by atoms with Crippen LogP contribution in [0.3, 0.4) is 0 Å². The second-order valence-electron chi connectivity index (χ2n) is 4.52. The average Bonchev–Trinajstić information content (AvgIpc) is 3.12. The zero-order chi connectivity index (χ0) is 11.7. The van der Waals surface area contributed by atoms with Gasteiger partial charge in [-0.25, -0.2) is 9.48 Å². The van der Waals surface area contributed by atoms with Gasteiger partial charge in [-0.3, -0.25) is 4.40 Å². The molecule has 5 heteroatoms. The summed E-state index contributed by atoms with van der Waals surface area (Å²) in [7, 11) is 0. The number of hydrogen-bond donors (Lipinski definition) is 1. The van der Waals surface area contributed by atoms with Crippen molar-refractivity contribution in [2.24, 2.45) is 0 Å². The average molecular weight is 232 g/mol. The molecule has 0 unspecified atom stereocenters. The van der Waals surface area contributed by atoms with Gasteiger partial charge >= 0.3 is 5.69 Å². The van der Waals surface area contributed by atoms with E-state index in [4.69, 9.17) is 0 Å². The van der Waals surface area contributed by atoms with Crippen LogP contribution in [0.2, 0.25) is 0 Å². The zero-order valence-corrected chi connectivity index (χ0v) is 9.67. The molecule has 0 amide bonds.